The molecule has 1 aromatic heterocycles. The Balaban J connectivity index is 1.88. The van der Waals surface area contributed by atoms with E-state index in [-0.39, 0.29) is 4.87 Å². The van der Waals surface area contributed by atoms with Gasteiger partial charge in [0.25, 0.3) is 0 Å². The highest BCUT2D eigenvalue weighted by atomic mass is 32.2. The first-order valence-electron chi connectivity index (χ1n) is 5.42. The molecule has 2 nitrogen and oxygen atoms in total. The highest BCUT2D eigenvalue weighted by Gasteiger charge is 2.45. The van der Waals surface area contributed by atoms with Gasteiger partial charge in [0.1, 0.15) is 0 Å². The molecule has 3 aliphatic rings. The van der Waals surface area contributed by atoms with E-state index in [4.69, 9.17) is 0 Å². The van der Waals surface area contributed by atoms with Gasteiger partial charge in [0.05, 0.1) is 9.90 Å². The second kappa shape index (κ2) is 2.80. The van der Waals surface area contributed by atoms with Crippen LogP contribution in [0.2, 0.25) is 0 Å². The van der Waals surface area contributed by atoms with Gasteiger partial charge in [-0.2, -0.15) is 0 Å². The summed E-state index contributed by atoms with van der Waals surface area (Å²) in [5.74, 6) is 1.71. The summed E-state index contributed by atoms with van der Waals surface area (Å²) in [6.45, 7) is 0. The van der Waals surface area contributed by atoms with Crippen LogP contribution in [0.5, 0.6) is 0 Å². The fourth-order valence-corrected chi connectivity index (χ4v) is 5.69. The molecule has 0 amide bonds. The maximum Gasteiger partial charge on any atom is 0.305 e. The standard InChI is InChI=1S/C11H11NOS2/c13-11-12-10-8(14-11)4-7-5-1-2-6(3-5)9(7)15-10/h4-6,9H,1-3H2,(H,12,13)/t5-,6+,9-/m1/s1. The third-order valence-electron chi connectivity index (χ3n) is 3.89. The largest absolute Gasteiger partial charge is 0.307 e. The van der Waals surface area contributed by atoms with Gasteiger partial charge < -0.3 is 4.98 Å². The van der Waals surface area contributed by atoms with Crippen molar-refractivity contribution < 1.29 is 0 Å². The van der Waals surface area contributed by atoms with Gasteiger partial charge in [0.2, 0.25) is 0 Å². The van der Waals surface area contributed by atoms with E-state index in [9.17, 15) is 4.79 Å². The molecule has 0 radical (unpaired) electrons. The summed E-state index contributed by atoms with van der Waals surface area (Å²) in [5.41, 5.74) is 1.62. The normalized spacial score (nSPS) is 36.3. The fourth-order valence-electron chi connectivity index (χ4n) is 3.25. The van der Waals surface area contributed by atoms with Gasteiger partial charge in [-0.05, 0) is 37.2 Å². The number of aromatic nitrogens is 1. The Labute approximate surface area is 95.8 Å². The van der Waals surface area contributed by atoms with Crippen molar-refractivity contribution in [2.24, 2.45) is 11.8 Å². The molecule has 0 spiro atoms. The smallest absolute Gasteiger partial charge is 0.305 e. The minimum atomic E-state index is 0.0941. The number of H-pyrrole nitrogens is 1. The van der Waals surface area contributed by atoms with Crippen molar-refractivity contribution in [2.75, 3.05) is 0 Å². The van der Waals surface area contributed by atoms with Crippen molar-refractivity contribution in [1.82, 2.24) is 4.98 Å². The minimum Gasteiger partial charge on any atom is -0.307 e. The molecule has 1 aromatic rings. The van der Waals surface area contributed by atoms with E-state index in [1.54, 1.807) is 5.57 Å². The van der Waals surface area contributed by atoms with Crippen LogP contribution < -0.4 is 4.87 Å². The molecular formula is C11H11NOS2. The number of thioether (sulfide) groups is 1. The van der Waals surface area contributed by atoms with Gasteiger partial charge in [-0.15, -0.1) is 0 Å². The predicted octanol–water partition coefficient (Wildman–Crippen LogP) is 2.72. The molecule has 4 rings (SSSR count). The Morgan fingerprint density at radius 3 is 3.27 bits per heavy atom. The molecule has 2 fully saturated rings. The van der Waals surface area contributed by atoms with E-state index >= 15 is 0 Å². The predicted molar refractivity (Wildman–Crippen MR) is 63.4 cm³/mol. The molecule has 2 saturated carbocycles. The number of hydrogen-bond donors (Lipinski definition) is 1. The average molecular weight is 237 g/mol. The second-order valence-corrected chi connectivity index (χ2v) is 6.83. The molecule has 3 atom stereocenters. The van der Waals surface area contributed by atoms with E-state index in [2.05, 4.69) is 11.1 Å². The van der Waals surface area contributed by atoms with Gasteiger partial charge in [-0.1, -0.05) is 28.7 Å². The Morgan fingerprint density at radius 2 is 2.33 bits per heavy atom. The summed E-state index contributed by atoms with van der Waals surface area (Å²) < 4.78 is 0. The first kappa shape index (κ1) is 8.65. The average Bonchev–Trinajstić information content (AvgIpc) is 2.85. The lowest BCUT2D eigenvalue weighted by molar-refractivity contribution is 0.573. The van der Waals surface area contributed by atoms with Crippen molar-refractivity contribution in [3.63, 3.8) is 0 Å². The summed E-state index contributed by atoms with van der Waals surface area (Å²) >= 11 is 3.26. The van der Waals surface area contributed by atoms with Gasteiger partial charge in [0, 0.05) is 5.25 Å². The van der Waals surface area contributed by atoms with Crippen LogP contribution in [-0.2, 0) is 0 Å². The Hall–Kier alpha value is -0.480. The van der Waals surface area contributed by atoms with Crippen molar-refractivity contribution in [3.8, 4) is 0 Å². The fraction of sp³-hybridized carbons (Fsp3) is 0.545. The third kappa shape index (κ3) is 1.09. The van der Waals surface area contributed by atoms with Crippen molar-refractivity contribution in [3.05, 3.63) is 20.1 Å². The summed E-state index contributed by atoms with van der Waals surface area (Å²) in [6, 6.07) is 0. The van der Waals surface area contributed by atoms with E-state index in [1.807, 2.05) is 11.8 Å². The summed E-state index contributed by atoms with van der Waals surface area (Å²) in [5, 5.41) is 1.80. The van der Waals surface area contributed by atoms with Crippen molar-refractivity contribution in [1.29, 1.82) is 0 Å². The monoisotopic (exact) mass is 237 g/mol. The maximum atomic E-state index is 11.3. The molecule has 0 saturated heterocycles. The first-order valence-corrected chi connectivity index (χ1v) is 7.12. The van der Waals surface area contributed by atoms with Gasteiger partial charge in [-0.25, -0.2) is 0 Å². The molecule has 2 bridgehead atoms. The number of rotatable bonds is 0. The van der Waals surface area contributed by atoms with Gasteiger partial charge in [-0.3, -0.25) is 4.79 Å². The molecule has 1 N–H and O–H groups in total. The summed E-state index contributed by atoms with van der Waals surface area (Å²) in [6.07, 6.45) is 6.46. The molecule has 0 aromatic carbocycles. The van der Waals surface area contributed by atoms with E-state index in [0.717, 1.165) is 16.9 Å². The van der Waals surface area contributed by atoms with Crippen LogP contribution >= 0.6 is 23.1 Å². The Kier molecular flexibility index (Phi) is 1.61. The van der Waals surface area contributed by atoms with Crippen LogP contribution in [0.4, 0.5) is 0 Å². The summed E-state index contributed by atoms with van der Waals surface area (Å²) in [4.78, 5) is 15.5. The Morgan fingerprint density at radius 1 is 1.40 bits per heavy atom. The highest BCUT2D eigenvalue weighted by molar-refractivity contribution is 8.00. The van der Waals surface area contributed by atoms with Crippen LogP contribution in [0, 0.1) is 11.8 Å². The van der Waals surface area contributed by atoms with Gasteiger partial charge in [0.15, 0.2) is 0 Å². The van der Waals surface area contributed by atoms with Crippen molar-refractivity contribution >= 4 is 29.2 Å². The lowest BCUT2D eigenvalue weighted by Gasteiger charge is -2.27. The Bertz CT molecular complexity index is 513. The van der Waals surface area contributed by atoms with Crippen molar-refractivity contribution in [2.45, 2.75) is 29.5 Å². The van der Waals surface area contributed by atoms with Crippen LogP contribution in [0.1, 0.15) is 24.1 Å². The quantitative estimate of drug-likeness (QED) is 0.752. The molecule has 0 unspecified atom stereocenters. The lowest BCUT2D eigenvalue weighted by atomic mass is 9.93. The minimum absolute atomic E-state index is 0.0941. The number of aromatic amines is 1. The molecule has 15 heavy (non-hydrogen) atoms. The molecule has 4 heteroatoms. The van der Waals surface area contributed by atoms with Gasteiger partial charge >= 0.3 is 4.87 Å². The van der Waals surface area contributed by atoms with E-state index in [1.165, 1.54) is 35.5 Å². The zero-order valence-electron chi connectivity index (χ0n) is 8.16. The molecule has 2 heterocycles. The molecule has 1 aliphatic heterocycles. The first-order chi connectivity index (χ1) is 7.31. The van der Waals surface area contributed by atoms with Crippen LogP contribution in [0.25, 0.3) is 6.08 Å². The number of hydrogen-bond acceptors (Lipinski definition) is 3. The van der Waals surface area contributed by atoms with E-state index in [0.29, 0.717) is 5.25 Å². The number of thiazole rings is 1. The second-order valence-electron chi connectivity index (χ2n) is 4.66. The lowest BCUT2D eigenvalue weighted by Crippen LogP contribution is -2.18. The highest BCUT2D eigenvalue weighted by Crippen LogP contribution is 2.57. The molecule has 2 aliphatic carbocycles. The van der Waals surface area contributed by atoms with Crippen LogP contribution in [0.3, 0.4) is 0 Å². The summed E-state index contributed by atoms with van der Waals surface area (Å²) in [7, 11) is 0. The topological polar surface area (TPSA) is 32.9 Å². The zero-order chi connectivity index (χ0) is 9.99. The van der Waals surface area contributed by atoms with Crippen LogP contribution in [-0.4, -0.2) is 10.2 Å². The third-order valence-corrected chi connectivity index (χ3v) is 6.31. The number of fused-ring (bicyclic) bond motifs is 6. The molecule has 78 valence electrons. The maximum absolute atomic E-state index is 11.3. The SMILES string of the molecule is O=c1[nH]c2c(s1)C=C1[C@@H]3CC[C@@H](C3)[C@H]1S2. The molecular weight excluding hydrogens is 226 g/mol. The van der Waals surface area contributed by atoms with E-state index < -0.39 is 0 Å². The van der Waals surface area contributed by atoms with Crippen LogP contribution in [0.15, 0.2) is 15.4 Å². The zero-order valence-corrected chi connectivity index (χ0v) is 9.79. The number of nitrogens with one attached hydrogen (secondary N) is 1.